The van der Waals surface area contributed by atoms with Gasteiger partial charge in [0.25, 0.3) is 0 Å². The van der Waals surface area contributed by atoms with Crippen LogP contribution in [0.15, 0.2) is 0 Å². The van der Waals surface area contributed by atoms with Crippen molar-refractivity contribution in [3.05, 3.63) is 0 Å². The van der Waals surface area contributed by atoms with Crippen LogP contribution < -0.4 is 5.32 Å². The normalized spacial score (nSPS) is 12.8. The Morgan fingerprint density at radius 3 is 0.900 bits per heavy atom. The number of carbonyl (C=O) groups is 1. The van der Waals surface area contributed by atoms with Crippen molar-refractivity contribution in [2.75, 3.05) is 6.61 Å². The van der Waals surface area contributed by atoms with Crippen LogP contribution in [-0.2, 0) is 4.79 Å². The predicted octanol–water partition coefficient (Wildman–Crippen LogP) is 14.5. The van der Waals surface area contributed by atoms with Crippen LogP contribution in [0.4, 0.5) is 0 Å². The molecule has 0 saturated carbocycles. The number of hydrogen-bond acceptors (Lipinski definition) is 3. The van der Waals surface area contributed by atoms with E-state index in [1.165, 1.54) is 218 Å². The van der Waals surface area contributed by atoms with Gasteiger partial charge in [0.1, 0.15) is 0 Å². The molecule has 0 aromatic heterocycles. The Kier molecular flexibility index (Phi) is 42.3. The molecule has 0 aliphatic carbocycles. The third-order valence-electron chi connectivity index (χ3n) is 11.1. The van der Waals surface area contributed by atoms with Gasteiger partial charge in [0.2, 0.25) is 5.91 Å². The van der Waals surface area contributed by atoms with Crippen LogP contribution in [0.2, 0.25) is 0 Å². The van der Waals surface area contributed by atoms with Gasteiger partial charge in [-0.2, -0.15) is 0 Å². The van der Waals surface area contributed by atoms with Gasteiger partial charge in [0.15, 0.2) is 0 Å². The molecule has 0 heterocycles. The summed E-state index contributed by atoms with van der Waals surface area (Å²) in [6.45, 7) is 4.39. The van der Waals surface area contributed by atoms with Crippen LogP contribution in [-0.4, -0.2) is 34.9 Å². The maximum absolute atomic E-state index is 12.4. The first-order chi connectivity index (χ1) is 24.7. The molecule has 1 amide bonds. The van der Waals surface area contributed by atoms with Crippen LogP contribution in [0.1, 0.15) is 271 Å². The van der Waals surface area contributed by atoms with Crippen LogP contribution in [0.5, 0.6) is 0 Å². The molecule has 0 aliphatic heterocycles. The van der Waals surface area contributed by atoms with Gasteiger partial charge < -0.3 is 15.5 Å². The van der Waals surface area contributed by atoms with E-state index in [2.05, 4.69) is 19.2 Å². The summed E-state index contributed by atoms with van der Waals surface area (Å²) in [5.74, 6) is -0.0248. The third-order valence-corrected chi connectivity index (χ3v) is 11.1. The van der Waals surface area contributed by atoms with Gasteiger partial charge in [-0.3, -0.25) is 4.79 Å². The Balaban J connectivity index is 3.44. The zero-order valence-electron chi connectivity index (χ0n) is 34.4. The average Bonchev–Trinajstić information content (AvgIpc) is 3.12. The van der Waals surface area contributed by atoms with E-state index in [1.54, 1.807) is 0 Å². The van der Waals surface area contributed by atoms with E-state index >= 15 is 0 Å². The Morgan fingerprint density at radius 1 is 0.400 bits per heavy atom. The molecule has 0 bridgehead atoms. The number of hydrogen-bond donors (Lipinski definition) is 3. The Hall–Kier alpha value is -0.610. The van der Waals surface area contributed by atoms with Crippen molar-refractivity contribution < 1.29 is 15.0 Å². The molecule has 0 rings (SSSR count). The lowest BCUT2D eigenvalue weighted by atomic mass is 10.0. The summed E-state index contributed by atoms with van der Waals surface area (Å²) < 4.78 is 0. The van der Waals surface area contributed by atoms with Crippen molar-refractivity contribution in [2.45, 2.75) is 283 Å². The fourth-order valence-corrected chi connectivity index (χ4v) is 7.54. The van der Waals surface area contributed by atoms with E-state index < -0.39 is 12.1 Å². The smallest absolute Gasteiger partial charge is 0.220 e. The minimum absolute atomic E-state index is 0.0248. The molecule has 0 saturated heterocycles. The van der Waals surface area contributed by atoms with Gasteiger partial charge in [0.05, 0.1) is 18.8 Å². The third kappa shape index (κ3) is 38.6. The van der Waals surface area contributed by atoms with E-state index in [-0.39, 0.29) is 12.5 Å². The quantitative estimate of drug-likeness (QED) is 0.0553. The number of rotatable bonds is 43. The lowest BCUT2D eigenvalue weighted by Crippen LogP contribution is -2.45. The standard InChI is InChI=1S/C46H93NO3/c1-3-5-7-9-11-13-15-17-19-21-22-23-24-25-26-28-30-32-34-36-38-40-42-46(50)47-44(43-48)45(49)41-39-37-35-33-31-29-27-20-18-16-14-12-10-8-6-4-2/h44-45,48-49H,3-43H2,1-2H3,(H,47,50)/t44-,45+/m0/s1. The highest BCUT2D eigenvalue weighted by molar-refractivity contribution is 5.76. The molecule has 0 aromatic rings. The number of aliphatic hydroxyl groups is 2. The fourth-order valence-electron chi connectivity index (χ4n) is 7.54. The summed E-state index contributed by atoms with van der Waals surface area (Å²) in [6.07, 6.45) is 51.9. The Bertz CT molecular complexity index is 641. The Morgan fingerprint density at radius 2 is 0.640 bits per heavy atom. The Labute approximate surface area is 314 Å². The molecule has 0 aromatic carbocycles. The summed E-state index contributed by atoms with van der Waals surface area (Å²) in [4.78, 5) is 12.4. The SMILES string of the molecule is CCCCCCCCCCCCCCCCCCCCCCCCC(=O)N[C@@H](CO)[C@H](O)CCCCCCCCCCCCCCCCCC. The molecule has 4 heteroatoms. The van der Waals surface area contributed by atoms with Crippen molar-refractivity contribution in [2.24, 2.45) is 0 Å². The second kappa shape index (κ2) is 42.8. The van der Waals surface area contributed by atoms with E-state index in [4.69, 9.17) is 0 Å². The number of aliphatic hydroxyl groups excluding tert-OH is 2. The lowest BCUT2D eigenvalue weighted by Gasteiger charge is -2.22. The molecule has 50 heavy (non-hydrogen) atoms. The van der Waals surface area contributed by atoms with E-state index in [9.17, 15) is 15.0 Å². The van der Waals surface area contributed by atoms with Crippen molar-refractivity contribution in [1.29, 1.82) is 0 Å². The first kappa shape index (κ1) is 49.4. The molecule has 0 fully saturated rings. The topological polar surface area (TPSA) is 69.6 Å². The minimum Gasteiger partial charge on any atom is -0.394 e. The van der Waals surface area contributed by atoms with Crippen molar-refractivity contribution in [3.8, 4) is 0 Å². The summed E-state index contributed by atoms with van der Waals surface area (Å²) >= 11 is 0. The first-order valence-electron chi connectivity index (χ1n) is 23.2. The number of carbonyl (C=O) groups excluding carboxylic acids is 1. The van der Waals surface area contributed by atoms with Gasteiger partial charge in [-0.15, -0.1) is 0 Å². The summed E-state index contributed by atoms with van der Waals surface area (Å²) in [5, 5.41) is 23.2. The number of nitrogens with one attached hydrogen (secondary N) is 1. The first-order valence-corrected chi connectivity index (χ1v) is 23.2. The van der Waals surface area contributed by atoms with Gasteiger partial charge in [-0.05, 0) is 12.8 Å². The minimum atomic E-state index is -0.653. The van der Waals surface area contributed by atoms with E-state index in [1.807, 2.05) is 0 Å². The lowest BCUT2D eigenvalue weighted by molar-refractivity contribution is -0.123. The monoisotopic (exact) mass is 708 g/mol. The van der Waals surface area contributed by atoms with Gasteiger partial charge in [-0.1, -0.05) is 251 Å². The highest BCUT2D eigenvalue weighted by Crippen LogP contribution is 2.17. The maximum Gasteiger partial charge on any atom is 0.220 e. The van der Waals surface area contributed by atoms with Crippen molar-refractivity contribution >= 4 is 5.91 Å². The maximum atomic E-state index is 12.4. The molecule has 300 valence electrons. The average molecular weight is 708 g/mol. The van der Waals surface area contributed by atoms with Crippen molar-refractivity contribution in [1.82, 2.24) is 5.32 Å². The summed E-state index contributed by atoms with van der Waals surface area (Å²) in [6, 6.07) is -0.529. The second-order valence-electron chi connectivity index (χ2n) is 16.2. The van der Waals surface area contributed by atoms with E-state index in [0.29, 0.717) is 12.8 Å². The van der Waals surface area contributed by atoms with E-state index in [0.717, 1.165) is 25.7 Å². The summed E-state index contributed by atoms with van der Waals surface area (Å²) in [5.41, 5.74) is 0. The van der Waals surface area contributed by atoms with Crippen LogP contribution in [0.3, 0.4) is 0 Å². The highest BCUT2D eigenvalue weighted by atomic mass is 16.3. The molecule has 0 aliphatic rings. The number of unbranched alkanes of at least 4 members (excludes halogenated alkanes) is 36. The van der Waals surface area contributed by atoms with Crippen LogP contribution in [0, 0.1) is 0 Å². The van der Waals surface area contributed by atoms with Crippen LogP contribution in [0.25, 0.3) is 0 Å². The zero-order valence-corrected chi connectivity index (χ0v) is 34.4. The molecule has 0 unspecified atom stereocenters. The zero-order chi connectivity index (χ0) is 36.4. The molecule has 3 N–H and O–H groups in total. The largest absolute Gasteiger partial charge is 0.394 e. The number of amides is 1. The predicted molar refractivity (Wildman–Crippen MR) is 221 cm³/mol. The molecule has 4 nitrogen and oxygen atoms in total. The summed E-state index contributed by atoms with van der Waals surface area (Å²) in [7, 11) is 0. The van der Waals surface area contributed by atoms with Gasteiger partial charge in [0, 0.05) is 6.42 Å². The molecular formula is C46H93NO3. The van der Waals surface area contributed by atoms with Crippen LogP contribution >= 0.6 is 0 Å². The molecular weight excluding hydrogens is 615 g/mol. The molecule has 0 radical (unpaired) electrons. The second-order valence-corrected chi connectivity index (χ2v) is 16.2. The van der Waals surface area contributed by atoms with Gasteiger partial charge in [-0.25, -0.2) is 0 Å². The molecule has 0 spiro atoms. The fraction of sp³-hybridized carbons (Fsp3) is 0.978. The molecule has 2 atom stereocenters. The van der Waals surface area contributed by atoms with Crippen molar-refractivity contribution in [3.63, 3.8) is 0 Å². The van der Waals surface area contributed by atoms with Gasteiger partial charge >= 0.3 is 0 Å². The highest BCUT2D eigenvalue weighted by Gasteiger charge is 2.20.